The van der Waals surface area contributed by atoms with Gasteiger partial charge in [0.25, 0.3) is 0 Å². The molecule has 0 bridgehead atoms. The first kappa shape index (κ1) is 11.9. The third-order valence-corrected chi connectivity index (χ3v) is 3.18. The number of nitrogens with two attached hydrogens (primary N) is 1. The van der Waals surface area contributed by atoms with Gasteiger partial charge in [-0.15, -0.1) is 0 Å². The fourth-order valence-electron chi connectivity index (χ4n) is 2.14. The van der Waals surface area contributed by atoms with Crippen molar-refractivity contribution in [1.29, 1.82) is 0 Å². The molecule has 0 spiro atoms. The highest BCUT2D eigenvalue weighted by atomic mass is 19.1. The Kier molecular flexibility index (Phi) is 4.82. The molecule has 1 heterocycles. The molecule has 0 saturated carbocycles. The van der Waals surface area contributed by atoms with Crippen molar-refractivity contribution in [1.82, 2.24) is 0 Å². The van der Waals surface area contributed by atoms with E-state index in [-0.39, 0.29) is 11.8 Å². The summed E-state index contributed by atoms with van der Waals surface area (Å²) in [6.45, 7) is 5.87. The molecule has 0 aliphatic carbocycles. The van der Waals surface area contributed by atoms with Gasteiger partial charge in [-0.3, -0.25) is 0 Å². The van der Waals surface area contributed by atoms with Crippen molar-refractivity contribution >= 4 is 0 Å². The number of ether oxygens (including phenoxy) is 1. The van der Waals surface area contributed by atoms with Crippen LogP contribution in [-0.4, -0.2) is 25.9 Å². The molecule has 3 atom stereocenters. The van der Waals surface area contributed by atoms with E-state index in [9.17, 15) is 4.39 Å². The molecule has 0 radical (unpaired) electrons. The zero-order valence-electron chi connectivity index (χ0n) is 9.21. The van der Waals surface area contributed by atoms with Crippen molar-refractivity contribution in [3.8, 4) is 0 Å². The first-order valence-corrected chi connectivity index (χ1v) is 5.58. The molecule has 0 aromatic carbocycles. The maximum absolute atomic E-state index is 14.0. The molecule has 2 N–H and O–H groups in total. The number of alkyl halides is 1. The second-order valence-corrected chi connectivity index (χ2v) is 4.57. The van der Waals surface area contributed by atoms with E-state index in [1.807, 2.05) is 13.8 Å². The summed E-state index contributed by atoms with van der Waals surface area (Å²) in [4.78, 5) is 0. The van der Waals surface area contributed by atoms with Crippen LogP contribution in [0.5, 0.6) is 0 Å². The molecule has 0 aromatic heterocycles. The van der Waals surface area contributed by atoms with Crippen molar-refractivity contribution in [2.24, 2.45) is 23.5 Å². The molecule has 0 amide bonds. The first-order valence-electron chi connectivity index (χ1n) is 5.58. The van der Waals surface area contributed by atoms with E-state index in [1.54, 1.807) is 0 Å². The Morgan fingerprint density at radius 3 is 2.64 bits per heavy atom. The molecule has 1 saturated heterocycles. The van der Waals surface area contributed by atoms with Crippen LogP contribution in [0.4, 0.5) is 4.39 Å². The molecular formula is C11H22FNO. The standard InChI is InChI=1S/C11H22FNO/c1-8(2)10(6-13)11(12)9-4-3-5-14-7-9/h8-11H,3-7,13H2,1-2H3. The number of halogens is 1. The Labute approximate surface area is 86.0 Å². The monoisotopic (exact) mass is 203 g/mol. The lowest BCUT2D eigenvalue weighted by Crippen LogP contribution is -2.37. The van der Waals surface area contributed by atoms with E-state index in [4.69, 9.17) is 10.5 Å². The SMILES string of the molecule is CC(C)C(CN)C(F)C1CCCOC1. The van der Waals surface area contributed by atoms with Crippen LogP contribution in [0, 0.1) is 17.8 Å². The van der Waals surface area contributed by atoms with Gasteiger partial charge >= 0.3 is 0 Å². The van der Waals surface area contributed by atoms with Crippen LogP contribution < -0.4 is 5.73 Å². The molecule has 2 nitrogen and oxygen atoms in total. The summed E-state index contributed by atoms with van der Waals surface area (Å²) in [5, 5.41) is 0. The molecular weight excluding hydrogens is 181 g/mol. The second-order valence-electron chi connectivity index (χ2n) is 4.57. The zero-order valence-corrected chi connectivity index (χ0v) is 9.21. The Morgan fingerprint density at radius 2 is 2.21 bits per heavy atom. The lowest BCUT2D eigenvalue weighted by molar-refractivity contribution is -0.00263. The summed E-state index contributed by atoms with van der Waals surface area (Å²) in [6.07, 6.45) is 1.14. The van der Waals surface area contributed by atoms with E-state index < -0.39 is 6.17 Å². The van der Waals surface area contributed by atoms with Crippen LogP contribution in [0.3, 0.4) is 0 Å². The molecule has 1 aliphatic heterocycles. The van der Waals surface area contributed by atoms with Gasteiger partial charge in [-0.2, -0.15) is 0 Å². The summed E-state index contributed by atoms with van der Waals surface area (Å²) in [5.41, 5.74) is 5.60. The minimum atomic E-state index is -0.791. The highest BCUT2D eigenvalue weighted by Gasteiger charge is 2.31. The van der Waals surface area contributed by atoms with Crippen molar-refractivity contribution < 1.29 is 9.13 Å². The Morgan fingerprint density at radius 1 is 1.50 bits per heavy atom. The van der Waals surface area contributed by atoms with Gasteiger partial charge in [-0.25, -0.2) is 4.39 Å². The van der Waals surface area contributed by atoms with Crippen LogP contribution in [-0.2, 0) is 4.74 Å². The smallest absolute Gasteiger partial charge is 0.109 e. The van der Waals surface area contributed by atoms with Crippen molar-refractivity contribution in [2.45, 2.75) is 32.9 Å². The predicted molar refractivity (Wildman–Crippen MR) is 55.8 cm³/mol. The Bertz CT molecular complexity index is 157. The maximum atomic E-state index is 14.0. The van der Waals surface area contributed by atoms with E-state index in [1.165, 1.54) is 0 Å². The van der Waals surface area contributed by atoms with Crippen LogP contribution in [0.2, 0.25) is 0 Å². The van der Waals surface area contributed by atoms with Crippen LogP contribution >= 0.6 is 0 Å². The molecule has 14 heavy (non-hydrogen) atoms. The van der Waals surface area contributed by atoms with Crippen molar-refractivity contribution in [3.63, 3.8) is 0 Å². The Hall–Kier alpha value is -0.150. The average Bonchev–Trinajstić information content (AvgIpc) is 2.19. The minimum Gasteiger partial charge on any atom is -0.381 e. The lowest BCUT2D eigenvalue weighted by Gasteiger charge is -2.31. The second kappa shape index (κ2) is 5.66. The summed E-state index contributed by atoms with van der Waals surface area (Å²) in [5.74, 6) is 0.373. The van der Waals surface area contributed by atoms with Crippen molar-refractivity contribution in [2.75, 3.05) is 19.8 Å². The van der Waals surface area contributed by atoms with Crippen LogP contribution in [0.1, 0.15) is 26.7 Å². The quantitative estimate of drug-likeness (QED) is 0.758. The first-order chi connectivity index (χ1) is 6.66. The third-order valence-electron chi connectivity index (χ3n) is 3.18. The molecule has 3 unspecified atom stereocenters. The predicted octanol–water partition coefficient (Wildman–Crippen LogP) is 1.98. The summed E-state index contributed by atoms with van der Waals surface area (Å²) in [7, 11) is 0. The van der Waals surface area contributed by atoms with E-state index in [0.29, 0.717) is 19.1 Å². The topological polar surface area (TPSA) is 35.2 Å². The molecule has 1 rings (SSSR count). The number of hydrogen-bond acceptors (Lipinski definition) is 2. The van der Waals surface area contributed by atoms with E-state index in [0.717, 1.165) is 19.4 Å². The van der Waals surface area contributed by atoms with Gasteiger partial charge in [0.2, 0.25) is 0 Å². The third kappa shape index (κ3) is 2.92. The molecule has 1 fully saturated rings. The van der Waals surface area contributed by atoms with Gasteiger partial charge in [0.1, 0.15) is 6.17 Å². The minimum absolute atomic E-state index is 0.0123. The largest absolute Gasteiger partial charge is 0.381 e. The fourth-order valence-corrected chi connectivity index (χ4v) is 2.14. The normalized spacial score (nSPS) is 27.6. The lowest BCUT2D eigenvalue weighted by atomic mass is 9.82. The Balaban J connectivity index is 2.47. The van der Waals surface area contributed by atoms with Gasteiger partial charge in [0.15, 0.2) is 0 Å². The maximum Gasteiger partial charge on any atom is 0.109 e. The summed E-state index contributed by atoms with van der Waals surface area (Å²) < 4.78 is 19.3. The van der Waals surface area contributed by atoms with Gasteiger partial charge in [0, 0.05) is 18.4 Å². The van der Waals surface area contributed by atoms with Crippen LogP contribution in [0.15, 0.2) is 0 Å². The zero-order chi connectivity index (χ0) is 10.6. The number of hydrogen-bond donors (Lipinski definition) is 1. The van der Waals surface area contributed by atoms with Gasteiger partial charge in [-0.05, 0) is 25.3 Å². The summed E-state index contributed by atoms with van der Waals surface area (Å²) >= 11 is 0. The van der Waals surface area contributed by atoms with Gasteiger partial charge in [0.05, 0.1) is 6.61 Å². The highest BCUT2D eigenvalue weighted by Crippen LogP contribution is 2.28. The van der Waals surface area contributed by atoms with E-state index in [2.05, 4.69) is 0 Å². The van der Waals surface area contributed by atoms with Gasteiger partial charge < -0.3 is 10.5 Å². The average molecular weight is 203 g/mol. The molecule has 3 heteroatoms. The van der Waals surface area contributed by atoms with Crippen molar-refractivity contribution in [3.05, 3.63) is 0 Å². The fraction of sp³-hybridized carbons (Fsp3) is 1.00. The summed E-state index contributed by atoms with van der Waals surface area (Å²) in [6, 6.07) is 0. The number of rotatable bonds is 4. The highest BCUT2D eigenvalue weighted by molar-refractivity contribution is 4.81. The van der Waals surface area contributed by atoms with Gasteiger partial charge in [-0.1, -0.05) is 13.8 Å². The molecule has 84 valence electrons. The molecule has 1 aliphatic rings. The van der Waals surface area contributed by atoms with E-state index >= 15 is 0 Å². The van der Waals surface area contributed by atoms with Crippen LogP contribution in [0.25, 0.3) is 0 Å². The molecule has 0 aromatic rings.